The van der Waals surface area contributed by atoms with Gasteiger partial charge in [-0.25, -0.2) is 0 Å². The Morgan fingerprint density at radius 3 is 2.74 bits per heavy atom. The van der Waals surface area contributed by atoms with Crippen molar-refractivity contribution in [3.05, 3.63) is 65.2 Å². The van der Waals surface area contributed by atoms with E-state index < -0.39 is 0 Å². The Morgan fingerprint density at radius 1 is 1.22 bits per heavy atom. The molecule has 0 saturated heterocycles. The van der Waals surface area contributed by atoms with Crippen LogP contribution in [0.5, 0.6) is 5.75 Å². The van der Waals surface area contributed by atoms with Crippen molar-refractivity contribution in [2.24, 2.45) is 0 Å². The van der Waals surface area contributed by atoms with Gasteiger partial charge in [-0.2, -0.15) is 0 Å². The topological polar surface area (TPSA) is 38.3 Å². The lowest BCUT2D eigenvalue weighted by molar-refractivity contribution is 0.0942. The van der Waals surface area contributed by atoms with Crippen LogP contribution in [-0.2, 0) is 11.8 Å². The fraction of sp³-hybridized carbons (Fsp3) is 0.350. The van der Waals surface area contributed by atoms with Crippen molar-refractivity contribution in [2.45, 2.75) is 31.6 Å². The molecule has 0 aromatic heterocycles. The summed E-state index contributed by atoms with van der Waals surface area (Å²) in [6.07, 6.45) is 3.32. The number of nitrogens with one attached hydrogen (secondary N) is 1. The number of hydrogen-bond donors (Lipinski definition) is 1. The van der Waals surface area contributed by atoms with Gasteiger partial charge in [0, 0.05) is 17.5 Å². The Bertz CT molecular complexity index is 696. The molecule has 1 N–H and O–H groups in total. The monoisotopic (exact) mass is 309 g/mol. The van der Waals surface area contributed by atoms with Crippen molar-refractivity contribution in [2.75, 3.05) is 13.7 Å². The van der Waals surface area contributed by atoms with E-state index in [9.17, 15) is 4.79 Å². The summed E-state index contributed by atoms with van der Waals surface area (Å²) >= 11 is 0. The van der Waals surface area contributed by atoms with Crippen molar-refractivity contribution < 1.29 is 9.53 Å². The SMILES string of the molecule is COc1ccc2c(c1)[C@](C)(CNC(=O)c1ccccc1)CCC2. The van der Waals surface area contributed by atoms with Gasteiger partial charge in [0.25, 0.3) is 5.91 Å². The number of amides is 1. The molecule has 2 aromatic rings. The first-order valence-electron chi connectivity index (χ1n) is 8.13. The first-order valence-corrected chi connectivity index (χ1v) is 8.13. The standard InChI is InChI=1S/C20H23NO2/c1-20(14-21-19(22)16-7-4-3-5-8-16)12-6-9-15-10-11-17(23-2)13-18(15)20/h3-5,7-8,10-11,13H,6,9,12,14H2,1-2H3,(H,21,22)/t20-/m0/s1. The van der Waals surface area contributed by atoms with E-state index in [-0.39, 0.29) is 11.3 Å². The van der Waals surface area contributed by atoms with Gasteiger partial charge in [0.15, 0.2) is 0 Å². The molecular weight excluding hydrogens is 286 g/mol. The van der Waals surface area contributed by atoms with Gasteiger partial charge in [-0.05, 0) is 54.7 Å². The third kappa shape index (κ3) is 3.24. The fourth-order valence-electron chi connectivity index (χ4n) is 3.42. The van der Waals surface area contributed by atoms with Gasteiger partial charge in [0.2, 0.25) is 0 Å². The van der Waals surface area contributed by atoms with Crippen LogP contribution < -0.4 is 10.1 Å². The second kappa shape index (κ2) is 6.45. The molecule has 0 radical (unpaired) electrons. The summed E-state index contributed by atoms with van der Waals surface area (Å²) in [5, 5.41) is 3.11. The Hall–Kier alpha value is -2.29. The summed E-state index contributed by atoms with van der Waals surface area (Å²) in [6, 6.07) is 15.7. The van der Waals surface area contributed by atoms with E-state index in [0.29, 0.717) is 12.1 Å². The number of methoxy groups -OCH3 is 1. The van der Waals surface area contributed by atoms with Crippen LogP contribution in [0.2, 0.25) is 0 Å². The summed E-state index contributed by atoms with van der Waals surface area (Å²) in [7, 11) is 1.69. The van der Waals surface area contributed by atoms with E-state index in [2.05, 4.69) is 24.4 Å². The highest BCUT2D eigenvalue weighted by Gasteiger charge is 2.32. The number of ether oxygens (including phenoxy) is 1. The molecule has 1 aliphatic rings. The molecule has 0 bridgehead atoms. The largest absolute Gasteiger partial charge is 0.497 e. The first kappa shape index (κ1) is 15.6. The molecule has 0 aliphatic heterocycles. The molecule has 3 heteroatoms. The Labute approximate surface area is 137 Å². The number of rotatable bonds is 4. The van der Waals surface area contributed by atoms with Gasteiger partial charge in [-0.1, -0.05) is 31.2 Å². The van der Waals surface area contributed by atoms with Crippen molar-refractivity contribution in [3.8, 4) is 5.75 Å². The molecule has 0 heterocycles. The molecule has 2 aromatic carbocycles. The zero-order valence-electron chi connectivity index (χ0n) is 13.8. The predicted octanol–water partition coefficient (Wildman–Crippen LogP) is 3.72. The van der Waals surface area contributed by atoms with Gasteiger partial charge in [-0.15, -0.1) is 0 Å². The van der Waals surface area contributed by atoms with Gasteiger partial charge < -0.3 is 10.1 Å². The van der Waals surface area contributed by atoms with Gasteiger partial charge in [-0.3, -0.25) is 4.79 Å². The number of fused-ring (bicyclic) bond motifs is 1. The predicted molar refractivity (Wildman–Crippen MR) is 92.1 cm³/mol. The maximum absolute atomic E-state index is 12.3. The minimum absolute atomic E-state index is 0.0122. The lowest BCUT2D eigenvalue weighted by atomic mass is 9.71. The van der Waals surface area contributed by atoms with Crippen LogP contribution in [-0.4, -0.2) is 19.6 Å². The van der Waals surface area contributed by atoms with Crippen LogP contribution in [0.1, 0.15) is 41.3 Å². The van der Waals surface area contributed by atoms with Crippen LogP contribution in [0, 0.1) is 0 Å². The highest BCUT2D eigenvalue weighted by Crippen LogP contribution is 2.38. The lowest BCUT2D eigenvalue weighted by Crippen LogP contribution is -2.41. The number of hydrogen-bond acceptors (Lipinski definition) is 2. The molecule has 1 atom stereocenters. The number of benzene rings is 2. The van der Waals surface area contributed by atoms with Gasteiger partial charge >= 0.3 is 0 Å². The highest BCUT2D eigenvalue weighted by molar-refractivity contribution is 5.94. The average molecular weight is 309 g/mol. The van der Waals surface area contributed by atoms with Crippen molar-refractivity contribution in [1.29, 1.82) is 0 Å². The summed E-state index contributed by atoms with van der Waals surface area (Å²) < 4.78 is 5.38. The third-order valence-electron chi connectivity index (χ3n) is 4.82. The molecule has 120 valence electrons. The molecule has 23 heavy (non-hydrogen) atoms. The van der Waals surface area contributed by atoms with E-state index in [1.54, 1.807) is 7.11 Å². The highest BCUT2D eigenvalue weighted by atomic mass is 16.5. The van der Waals surface area contributed by atoms with Crippen LogP contribution in [0.3, 0.4) is 0 Å². The summed E-state index contributed by atoms with van der Waals surface area (Å²) in [6.45, 7) is 2.87. The van der Waals surface area contributed by atoms with Crippen molar-refractivity contribution in [3.63, 3.8) is 0 Å². The molecular formula is C20H23NO2. The lowest BCUT2D eigenvalue weighted by Gasteiger charge is -2.36. The molecule has 0 unspecified atom stereocenters. The zero-order chi connectivity index (χ0) is 16.3. The molecule has 1 amide bonds. The first-order chi connectivity index (χ1) is 11.1. The smallest absolute Gasteiger partial charge is 0.251 e. The average Bonchev–Trinajstić information content (AvgIpc) is 2.60. The van der Waals surface area contributed by atoms with Gasteiger partial charge in [0.05, 0.1) is 7.11 Å². The maximum atomic E-state index is 12.3. The molecule has 0 fully saturated rings. The Morgan fingerprint density at radius 2 is 2.00 bits per heavy atom. The second-order valence-electron chi connectivity index (χ2n) is 6.49. The number of carbonyl (C=O) groups is 1. The minimum atomic E-state index is -0.0490. The summed E-state index contributed by atoms with van der Waals surface area (Å²) in [4.78, 5) is 12.3. The molecule has 1 aliphatic carbocycles. The van der Waals surface area contributed by atoms with Crippen LogP contribution in [0.4, 0.5) is 0 Å². The van der Waals surface area contributed by atoms with E-state index in [1.165, 1.54) is 11.1 Å². The van der Waals surface area contributed by atoms with Crippen LogP contribution in [0.15, 0.2) is 48.5 Å². The molecule has 3 nitrogen and oxygen atoms in total. The quantitative estimate of drug-likeness (QED) is 0.935. The third-order valence-corrected chi connectivity index (χ3v) is 4.82. The Balaban J connectivity index is 1.79. The number of carbonyl (C=O) groups excluding carboxylic acids is 1. The second-order valence-corrected chi connectivity index (χ2v) is 6.49. The van der Waals surface area contributed by atoms with Crippen LogP contribution in [0.25, 0.3) is 0 Å². The van der Waals surface area contributed by atoms with Crippen molar-refractivity contribution in [1.82, 2.24) is 5.32 Å². The minimum Gasteiger partial charge on any atom is -0.497 e. The number of aryl methyl sites for hydroxylation is 1. The van der Waals surface area contributed by atoms with Gasteiger partial charge in [0.1, 0.15) is 5.75 Å². The summed E-state index contributed by atoms with van der Waals surface area (Å²) in [5.74, 6) is 0.869. The van der Waals surface area contributed by atoms with E-state index >= 15 is 0 Å². The fourth-order valence-corrected chi connectivity index (χ4v) is 3.42. The van der Waals surface area contributed by atoms with E-state index in [4.69, 9.17) is 4.74 Å². The maximum Gasteiger partial charge on any atom is 0.251 e. The molecule has 3 rings (SSSR count). The summed E-state index contributed by atoms with van der Waals surface area (Å²) in [5.41, 5.74) is 3.33. The molecule has 0 spiro atoms. The van der Waals surface area contributed by atoms with Crippen LogP contribution >= 0.6 is 0 Å². The van der Waals surface area contributed by atoms with Crippen molar-refractivity contribution >= 4 is 5.91 Å². The Kier molecular flexibility index (Phi) is 4.37. The van der Waals surface area contributed by atoms with E-state index in [1.807, 2.05) is 36.4 Å². The zero-order valence-corrected chi connectivity index (χ0v) is 13.8. The molecule has 0 saturated carbocycles. The van der Waals surface area contributed by atoms with E-state index in [0.717, 1.165) is 25.0 Å². The normalized spacial score (nSPS) is 19.7.